The molecule has 1 fully saturated rings. The van der Waals surface area contributed by atoms with E-state index in [-0.39, 0.29) is 10.8 Å². The van der Waals surface area contributed by atoms with Gasteiger partial charge in [0.15, 0.2) is 0 Å². The number of hydrogen-bond donors (Lipinski definition) is 1. The van der Waals surface area contributed by atoms with Gasteiger partial charge < -0.3 is 5.32 Å². The van der Waals surface area contributed by atoms with Gasteiger partial charge in [-0.15, -0.1) is 0 Å². The third kappa shape index (κ3) is 4.38. The molecule has 154 valence electrons. The lowest BCUT2D eigenvalue weighted by molar-refractivity contribution is -0.124. The normalized spacial score (nSPS) is 20.6. The first kappa shape index (κ1) is 20.1. The molecule has 0 bridgehead atoms. The molecule has 1 heterocycles. The summed E-state index contributed by atoms with van der Waals surface area (Å²) in [6.07, 6.45) is 9.13. The van der Waals surface area contributed by atoms with Gasteiger partial charge in [-0.2, -0.15) is 4.31 Å². The minimum atomic E-state index is -3.71. The van der Waals surface area contributed by atoms with Gasteiger partial charge in [0, 0.05) is 13.1 Å². The molecule has 2 aliphatic rings. The Bertz CT molecular complexity index is 1030. The molecule has 1 saturated heterocycles. The highest BCUT2D eigenvalue weighted by atomic mass is 32.2. The predicted molar refractivity (Wildman–Crippen MR) is 115 cm³/mol. The maximum Gasteiger partial charge on any atom is 0.243 e. The predicted octanol–water partition coefficient (Wildman–Crippen LogP) is 4.00. The fourth-order valence-electron chi connectivity index (χ4n) is 4.35. The summed E-state index contributed by atoms with van der Waals surface area (Å²) in [4.78, 5) is 13.0. The van der Waals surface area contributed by atoms with Gasteiger partial charge in [0.05, 0.1) is 4.90 Å². The number of rotatable bonds is 6. The van der Waals surface area contributed by atoms with Crippen molar-refractivity contribution < 1.29 is 13.2 Å². The number of allylic oxidation sites excluding steroid dienone is 1. The molecule has 0 spiro atoms. The van der Waals surface area contributed by atoms with E-state index in [1.807, 2.05) is 30.3 Å². The number of sulfonamides is 1. The molecule has 0 radical (unpaired) electrons. The highest BCUT2D eigenvalue weighted by Gasteiger charge is 2.39. The molecule has 0 saturated carbocycles. The molecule has 1 N–H and O–H groups in total. The van der Waals surface area contributed by atoms with E-state index in [0.717, 1.165) is 30.0 Å². The van der Waals surface area contributed by atoms with Crippen molar-refractivity contribution >= 4 is 26.7 Å². The van der Waals surface area contributed by atoms with Gasteiger partial charge in [-0.05, 0) is 67.9 Å². The zero-order valence-electron chi connectivity index (χ0n) is 16.6. The number of carbonyl (C=O) groups is 1. The summed E-state index contributed by atoms with van der Waals surface area (Å²) in [5, 5.41) is 4.85. The average molecular weight is 413 g/mol. The van der Waals surface area contributed by atoms with Gasteiger partial charge in [0.2, 0.25) is 15.9 Å². The van der Waals surface area contributed by atoms with Crippen LogP contribution < -0.4 is 5.32 Å². The number of fused-ring (bicyclic) bond motifs is 1. The molecule has 29 heavy (non-hydrogen) atoms. The Morgan fingerprint density at radius 2 is 1.90 bits per heavy atom. The maximum atomic E-state index is 13.3. The third-order valence-corrected chi connectivity index (χ3v) is 7.87. The van der Waals surface area contributed by atoms with Crippen molar-refractivity contribution in [2.24, 2.45) is 0 Å². The van der Waals surface area contributed by atoms with Crippen LogP contribution in [0.1, 0.15) is 44.9 Å². The van der Waals surface area contributed by atoms with Crippen molar-refractivity contribution in [2.45, 2.75) is 55.9 Å². The second kappa shape index (κ2) is 8.67. The highest BCUT2D eigenvalue weighted by molar-refractivity contribution is 7.89. The number of hydrogen-bond acceptors (Lipinski definition) is 3. The SMILES string of the molecule is O=C(NCCC1=CCCCC1)[C@@H]1CCCN1S(=O)(=O)c1ccc2ccccc2c1. The van der Waals surface area contributed by atoms with Crippen LogP contribution in [-0.4, -0.2) is 37.8 Å². The molecule has 6 heteroatoms. The van der Waals surface area contributed by atoms with Crippen LogP contribution in [0.5, 0.6) is 0 Å². The second-order valence-electron chi connectivity index (χ2n) is 7.93. The van der Waals surface area contributed by atoms with Crippen LogP contribution in [0.15, 0.2) is 59.0 Å². The van der Waals surface area contributed by atoms with E-state index in [2.05, 4.69) is 11.4 Å². The molecule has 1 aliphatic carbocycles. The molecule has 2 aromatic carbocycles. The highest BCUT2D eigenvalue weighted by Crippen LogP contribution is 2.28. The number of carbonyl (C=O) groups excluding carboxylic acids is 1. The van der Waals surface area contributed by atoms with E-state index in [9.17, 15) is 13.2 Å². The van der Waals surface area contributed by atoms with E-state index >= 15 is 0 Å². The number of benzene rings is 2. The van der Waals surface area contributed by atoms with E-state index in [4.69, 9.17) is 0 Å². The molecule has 4 rings (SSSR count). The van der Waals surface area contributed by atoms with Crippen LogP contribution in [0.4, 0.5) is 0 Å². The van der Waals surface area contributed by atoms with Crippen molar-refractivity contribution in [3.05, 3.63) is 54.1 Å². The van der Waals surface area contributed by atoms with Crippen LogP contribution in [0.3, 0.4) is 0 Å². The Hall–Kier alpha value is -2.18. The zero-order valence-corrected chi connectivity index (χ0v) is 17.5. The van der Waals surface area contributed by atoms with E-state index in [0.29, 0.717) is 25.9 Å². The molecule has 1 atom stereocenters. The lowest BCUT2D eigenvalue weighted by atomic mass is 9.97. The lowest BCUT2D eigenvalue weighted by Gasteiger charge is -2.24. The molecular formula is C23H28N2O3S. The summed E-state index contributed by atoms with van der Waals surface area (Å²) in [7, 11) is -3.71. The maximum absolute atomic E-state index is 13.3. The molecule has 5 nitrogen and oxygen atoms in total. The molecule has 1 aliphatic heterocycles. The van der Waals surface area contributed by atoms with Crippen molar-refractivity contribution in [2.75, 3.05) is 13.1 Å². The third-order valence-electron chi connectivity index (χ3n) is 5.96. The first-order valence-corrected chi connectivity index (χ1v) is 12.0. The summed E-state index contributed by atoms with van der Waals surface area (Å²) in [5.74, 6) is -0.178. The van der Waals surface area contributed by atoms with Crippen LogP contribution >= 0.6 is 0 Å². The van der Waals surface area contributed by atoms with Gasteiger partial charge in [0.25, 0.3) is 0 Å². The van der Waals surface area contributed by atoms with Gasteiger partial charge >= 0.3 is 0 Å². The minimum Gasteiger partial charge on any atom is -0.354 e. The second-order valence-corrected chi connectivity index (χ2v) is 9.82. The van der Waals surface area contributed by atoms with Crippen molar-refractivity contribution in [1.29, 1.82) is 0 Å². The quantitative estimate of drug-likeness (QED) is 0.730. The summed E-state index contributed by atoms with van der Waals surface area (Å²) >= 11 is 0. The Kier molecular flexibility index (Phi) is 6.01. The van der Waals surface area contributed by atoms with Gasteiger partial charge in [-0.25, -0.2) is 8.42 Å². The first-order chi connectivity index (χ1) is 14.1. The zero-order chi connectivity index (χ0) is 20.3. The van der Waals surface area contributed by atoms with Gasteiger partial charge in [-0.1, -0.05) is 42.0 Å². The van der Waals surface area contributed by atoms with E-state index < -0.39 is 16.1 Å². The molecule has 2 aromatic rings. The summed E-state index contributed by atoms with van der Waals surface area (Å²) in [5.41, 5.74) is 1.41. The number of nitrogens with one attached hydrogen (secondary N) is 1. The average Bonchev–Trinajstić information content (AvgIpc) is 3.25. The Balaban J connectivity index is 1.45. The minimum absolute atomic E-state index is 0.178. The van der Waals surface area contributed by atoms with E-state index in [1.165, 1.54) is 22.7 Å². The fourth-order valence-corrected chi connectivity index (χ4v) is 6.04. The van der Waals surface area contributed by atoms with Crippen LogP contribution in [0.2, 0.25) is 0 Å². The van der Waals surface area contributed by atoms with Crippen LogP contribution in [-0.2, 0) is 14.8 Å². The van der Waals surface area contributed by atoms with Crippen molar-refractivity contribution in [1.82, 2.24) is 9.62 Å². The monoisotopic (exact) mass is 412 g/mol. The number of nitrogens with zero attached hydrogens (tertiary/aromatic N) is 1. The van der Waals surface area contributed by atoms with Crippen molar-refractivity contribution in [3.8, 4) is 0 Å². The summed E-state index contributed by atoms with van der Waals surface area (Å²) < 4.78 is 27.9. The topological polar surface area (TPSA) is 66.5 Å². The molecular weight excluding hydrogens is 384 g/mol. The van der Waals surface area contributed by atoms with Crippen LogP contribution in [0, 0.1) is 0 Å². The number of amides is 1. The summed E-state index contributed by atoms with van der Waals surface area (Å²) in [6.45, 7) is 0.962. The molecule has 0 aromatic heterocycles. The standard InChI is InChI=1S/C23H28N2O3S/c26-23(24-15-14-18-7-2-1-3-8-18)22-11-6-16-25(22)29(27,28)21-13-12-19-9-4-5-10-20(19)17-21/h4-5,7,9-10,12-13,17,22H,1-3,6,8,11,14-16H2,(H,24,26)/t22-/m0/s1. The van der Waals surface area contributed by atoms with Crippen LogP contribution in [0.25, 0.3) is 10.8 Å². The smallest absolute Gasteiger partial charge is 0.243 e. The largest absolute Gasteiger partial charge is 0.354 e. The Morgan fingerprint density at radius 3 is 2.69 bits per heavy atom. The fraction of sp³-hybridized carbons (Fsp3) is 0.435. The molecule has 0 unspecified atom stereocenters. The summed E-state index contributed by atoms with van der Waals surface area (Å²) in [6, 6.07) is 12.2. The Morgan fingerprint density at radius 1 is 1.07 bits per heavy atom. The Labute approximate surface area is 172 Å². The lowest BCUT2D eigenvalue weighted by Crippen LogP contribution is -2.46. The van der Waals surface area contributed by atoms with Gasteiger partial charge in [-0.3, -0.25) is 4.79 Å². The molecule has 1 amide bonds. The van der Waals surface area contributed by atoms with Gasteiger partial charge in [0.1, 0.15) is 6.04 Å². The first-order valence-electron chi connectivity index (χ1n) is 10.5. The van der Waals surface area contributed by atoms with E-state index in [1.54, 1.807) is 12.1 Å². The van der Waals surface area contributed by atoms with Crippen molar-refractivity contribution in [3.63, 3.8) is 0 Å².